The van der Waals surface area contributed by atoms with E-state index in [2.05, 4.69) is 27.7 Å². The van der Waals surface area contributed by atoms with Crippen LogP contribution >= 0.6 is 0 Å². The van der Waals surface area contributed by atoms with Gasteiger partial charge in [0.2, 0.25) is 5.91 Å². The monoisotopic (exact) mass is 485 g/mol. The molecule has 0 aromatic heterocycles. The fraction of sp³-hybridized carbons (Fsp3) is 0.333. The van der Waals surface area contributed by atoms with E-state index in [0.717, 1.165) is 49.4 Å². The fourth-order valence-corrected chi connectivity index (χ4v) is 4.72. The van der Waals surface area contributed by atoms with Crippen molar-refractivity contribution in [1.82, 2.24) is 10.6 Å². The van der Waals surface area contributed by atoms with Gasteiger partial charge in [-0.15, -0.1) is 0 Å². The lowest BCUT2D eigenvalue weighted by molar-refractivity contribution is -0.121. The number of carbonyl (C=O) groups excluding carboxylic acids is 2. The maximum absolute atomic E-state index is 13.0. The molecule has 3 aromatic carbocycles. The Bertz CT molecular complexity index is 1140. The molecular weight excluding hydrogens is 450 g/mol. The van der Waals surface area contributed by atoms with Crippen molar-refractivity contribution in [2.24, 2.45) is 0 Å². The van der Waals surface area contributed by atoms with Gasteiger partial charge in [0, 0.05) is 37.8 Å². The number of methoxy groups -OCH3 is 1. The smallest absolute Gasteiger partial charge is 0.253 e. The largest absolute Gasteiger partial charge is 0.496 e. The molecule has 6 heteroatoms. The summed E-state index contributed by atoms with van der Waals surface area (Å²) in [5.74, 6) is 0.867. The van der Waals surface area contributed by atoms with Crippen molar-refractivity contribution in [3.63, 3.8) is 0 Å². The minimum atomic E-state index is -0.0724. The normalized spacial score (nSPS) is 13.8. The number of para-hydroxylation sites is 2. The van der Waals surface area contributed by atoms with Gasteiger partial charge in [0.05, 0.1) is 12.7 Å². The number of ether oxygens (including phenoxy) is 1. The molecule has 2 N–H and O–H groups in total. The molecule has 2 amide bonds. The van der Waals surface area contributed by atoms with E-state index in [9.17, 15) is 9.59 Å². The second-order valence-corrected chi connectivity index (χ2v) is 9.15. The van der Waals surface area contributed by atoms with Crippen LogP contribution in [0.5, 0.6) is 5.75 Å². The Morgan fingerprint density at radius 2 is 1.58 bits per heavy atom. The molecule has 0 unspecified atom stereocenters. The molecule has 4 rings (SSSR count). The van der Waals surface area contributed by atoms with Crippen LogP contribution in [0.4, 0.5) is 5.69 Å². The van der Waals surface area contributed by atoms with E-state index in [0.29, 0.717) is 24.9 Å². The van der Waals surface area contributed by atoms with Crippen molar-refractivity contribution < 1.29 is 14.3 Å². The van der Waals surface area contributed by atoms with Crippen LogP contribution in [0.2, 0.25) is 0 Å². The molecule has 1 fully saturated rings. The first-order valence-electron chi connectivity index (χ1n) is 12.7. The first-order valence-corrected chi connectivity index (χ1v) is 12.7. The van der Waals surface area contributed by atoms with Gasteiger partial charge in [0.1, 0.15) is 5.75 Å². The van der Waals surface area contributed by atoms with Gasteiger partial charge < -0.3 is 20.3 Å². The maximum Gasteiger partial charge on any atom is 0.253 e. The SMILES string of the molecule is COc1ccccc1CCNC(=O)c1ccccc1N1CCC(NC(=O)CCc2ccccc2)CC1. The highest BCUT2D eigenvalue weighted by molar-refractivity contribution is 5.99. The molecule has 1 saturated heterocycles. The number of carbonyl (C=O) groups is 2. The third-order valence-electron chi connectivity index (χ3n) is 6.71. The zero-order chi connectivity index (χ0) is 25.2. The summed E-state index contributed by atoms with van der Waals surface area (Å²) in [6.07, 6.45) is 3.68. The molecule has 0 spiro atoms. The van der Waals surface area contributed by atoms with Crippen LogP contribution in [-0.2, 0) is 17.6 Å². The number of anilines is 1. The fourth-order valence-electron chi connectivity index (χ4n) is 4.72. The first kappa shape index (κ1) is 25.3. The summed E-state index contributed by atoms with van der Waals surface area (Å²) >= 11 is 0. The summed E-state index contributed by atoms with van der Waals surface area (Å²) < 4.78 is 5.41. The average molecular weight is 486 g/mol. The maximum atomic E-state index is 13.0. The Kier molecular flexibility index (Phi) is 8.98. The Morgan fingerprint density at radius 3 is 2.36 bits per heavy atom. The summed E-state index contributed by atoms with van der Waals surface area (Å²) in [4.78, 5) is 27.7. The minimum absolute atomic E-state index is 0.0724. The second kappa shape index (κ2) is 12.8. The number of rotatable bonds is 10. The van der Waals surface area contributed by atoms with Gasteiger partial charge in [0.15, 0.2) is 0 Å². The van der Waals surface area contributed by atoms with Crippen LogP contribution in [-0.4, -0.2) is 44.6 Å². The van der Waals surface area contributed by atoms with Crippen molar-refractivity contribution in [2.45, 2.75) is 38.1 Å². The molecule has 3 aromatic rings. The van der Waals surface area contributed by atoms with Crippen LogP contribution in [0, 0.1) is 0 Å². The number of aryl methyl sites for hydroxylation is 1. The summed E-state index contributed by atoms with van der Waals surface area (Å²) in [5, 5.41) is 6.26. The quantitative estimate of drug-likeness (QED) is 0.447. The van der Waals surface area contributed by atoms with E-state index < -0.39 is 0 Å². The number of hydrogen-bond acceptors (Lipinski definition) is 4. The predicted octanol–water partition coefficient (Wildman–Crippen LogP) is 4.39. The molecule has 6 nitrogen and oxygen atoms in total. The van der Waals surface area contributed by atoms with Gasteiger partial charge in [-0.3, -0.25) is 9.59 Å². The average Bonchev–Trinajstić information content (AvgIpc) is 2.93. The molecule has 0 bridgehead atoms. The predicted molar refractivity (Wildman–Crippen MR) is 144 cm³/mol. The lowest BCUT2D eigenvalue weighted by Gasteiger charge is -2.35. The van der Waals surface area contributed by atoms with E-state index in [-0.39, 0.29) is 17.9 Å². The lowest BCUT2D eigenvalue weighted by Crippen LogP contribution is -2.45. The summed E-state index contributed by atoms with van der Waals surface area (Å²) in [7, 11) is 1.66. The molecule has 188 valence electrons. The van der Waals surface area contributed by atoms with Gasteiger partial charge in [-0.2, -0.15) is 0 Å². The first-order chi connectivity index (χ1) is 17.6. The van der Waals surface area contributed by atoms with Crippen molar-refractivity contribution in [2.75, 3.05) is 31.6 Å². The Balaban J connectivity index is 1.26. The van der Waals surface area contributed by atoms with Crippen molar-refractivity contribution in [3.8, 4) is 5.75 Å². The van der Waals surface area contributed by atoms with E-state index in [4.69, 9.17) is 4.74 Å². The zero-order valence-corrected chi connectivity index (χ0v) is 20.9. The number of hydrogen-bond donors (Lipinski definition) is 2. The summed E-state index contributed by atoms with van der Waals surface area (Å²) in [5.41, 5.74) is 3.88. The third-order valence-corrected chi connectivity index (χ3v) is 6.71. The molecule has 0 atom stereocenters. The van der Waals surface area contributed by atoms with Crippen LogP contribution < -0.4 is 20.3 Å². The number of benzene rings is 3. The van der Waals surface area contributed by atoms with Crippen LogP contribution in [0.3, 0.4) is 0 Å². The highest BCUT2D eigenvalue weighted by atomic mass is 16.5. The van der Waals surface area contributed by atoms with Crippen LogP contribution in [0.15, 0.2) is 78.9 Å². The van der Waals surface area contributed by atoms with Gasteiger partial charge in [-0.05, 0) is 55.0 Å². The number of amides is 2. The summed E-state index contributed by atoms with van der Waals surface area (Å²) in [6.45, 7) is 2.13. The minimum Gasteiger partial charge on any atom is -0.496 e. The number of nitrogens with zero attached hydrogens (tertiary/aromatic N) is 1. The standard InChI is InChI=1S/C30H35N3O3/c1-36-28-14-8-5-11-24(28)17-20-31-30(35)26-12-6-7-13-27(26)33-21-18-25(19-22-33)32-29(34)16-15-23-9-3-2-4-10-23/h2-14,25H,15-22H2,1H3,(H,31,35)(H,32,34). The topological polar surface area (TPSA) is 70.7 Å². The van der Waals surface area contributed by atoms with Gasteiger partial charge in [-0.25, -0.2) is 0 Å². The molecule has 0 saturated carbocycles. The highest BCUT2D eigenvalue weighted by Gasteiger charge is 2.23. The van der Waals surface area contributed by atoms with Crippen LogP contribution in [0.25, 0.3) is 0 Å². The zero-order valence-electron chi connectivity index (χ0n) is 20.9. The highest BCUT2D eigenvalue weighted by Crippen LogP contribution is 2.25. The van der Waals surface area contributed by atoms with Gasteiger partial charge >= 0.3 is 0 Å². The molecule has 1 aliphatic rings. The molecule has 36 heavy (non-hydrogen) atoms. The lowest BCUT2D eigenvalue weighted by atomic mass is 10.0. The molecule has 1 aliphatic heterocycles. The number of piperidine rings is 1. The molecule has 1 heterocycles. The van der Waals surface area contributed by atoms with Crippen LogP contribution in [0.1, 0.15) is 40.7 Å². The second-order valence-electron chi connectivity index (χ2n) is 9.15. The molecule has 0 radical (unpaired) electrons. The van der Waals surface area contributed by atoms with Gasteiger partial charge in [-0.1, -0.05) is 60.7 Å². The van der Waals surface area contributed by atoms with E-state index in [1.807, 2.05) is 66.7 Å². The van der Waals surface area contributed by atoms with Crippen molar-refractivity contribution in [3.05, 3.63) is 95.6 Å². The Hall–Kier alpha value is -3.80. The summed E-state index contributed by atoms with van der Waals surface area (Å²) in [6, 6.07) is 25.9. The Labute approximate surface area is 213 Å². The van der Waals surface area contributed by atoms with E-state index in [1.165, 1.54) is 5.56 Å². The van der Waals surface area contributed by atoms with Gasteiger partial charge in [0.25, 0.3) is 5.91 Å². The van der Waals surface area contributed by atoms with E-state index >= 15 is 0 Å². The van der Waals surface area contributed by atoms with E-state index in [1.54, 1.807) is 7.11 Å². The third kappa shape index (κ3) is 6.87. The molecule has 0 aliphatic carbocycles. The van der Waals surface area contributed by atoms with Crippen molar-refractivity contribution >= 4 is 17.5 Å². The molecular formula is C30H35N3O3. The van der Waals surface area contributed by atoms with Crippen molar-refractivity contribution in [1.29, 1.82) is 0 Å². The Morgan fingerprint density at radius 1 is 0.889 bits per heavy atom. The number of nitrogens with one attached hydrogen (secondary N) is 2.